The number of nitrogens with zero attached hydrogens (tertiary/aromatic N) is 4. The van der Waals surface area contributed by atoms with Gasteiger partial charge in [0.1, 0.15) is 10.7 Å². The molecule has 128 valence electrons. The fourth-order valence-electron chi connectivity index (χ4n) is 3.47. The van der Waals surface area contributed by atoms with Gasteiger partial charge in [-0.25, -0.2) is 9.97 Å². The van der Waals surface area contributed by atoms with Crippen molar-refractivity contribution in [3.63, 3.8) is 0 Å². The molecule has 0 aliphatic heterocycles. The highest BCUT2D eigenvalue weighted by Gasteiger charge is 2.16. The molecule has 1 aromatic carbocycles. The standard InChI is InChI=1S/C20H15BrN4S/c1-24-10-16(14-8-12(21)5-6-18(14)24)20-23-17(11-26-20)15-9-25(2)19-13(15)4-3-7-22-19/h3-11H,1-2H3. The van der Waals surface area contributed by atoms with Crippen molar-refractivity contribution >= 4 is 49.2 Å². The van der Waals surface area contributed by atoms with E-state index in [1.807, 2.05) is 19.3 Å². The summed E-state index contributed by atoms with van der Waals surface area (Å²) in [5.41, 5.74) is 5.47. The largest absolute Gasteiger partial charge is 0.350 e. The lowest BCUT2D eigenvalue weighted by Crippen LogP contribution is -1.85. The van der Waals surface area contributed by atoms with Crippen LogP contribution in [0.3, 0.4) is 0 Å². The van der Waals surface area contributed by atoms with Crippen LogP contribution < -0.4 is 0 Å². The average Bonchev–Trinajstić information content (AvgIpc) is 3.32. The summed E-state index contributed by atoms with van der Waals surface area (Å²) in [6, 6.07) is 10.4. The Balaban J connectivity index is 1.68. The Hall–Kier alpha value is -2.44. The van der Waals surface area contributed by atoms with Crippen LogP contribution in [0.25, 0.3) is 43.8 Å². The molecule has 0 radical (unpaired) electrons. The molecule has 6 heteroatoms. The monoisotopic (exact) mass is 422 g/mol. The van der Waals surface area contributed by atoms with E-state index in [9.17, 15) is 0 Å². The summed E-state index contributed by atoms with van der Waals surface area (Å²) in [7, 11) is 4.10. The molecule has 0 bridgehead atoms. The lowest BCUT2D eigenvalue weighted by molar-refractivity contribution is 0.949. The highest BCUT2D eigenvalue weighted by Crippen LogP contribution is 2.37. The minimum Gasteiger partial charge on any atom is -0.350 e. The zero-order chi connectivity index (χ0) is 17.8. The van der Waals surface area contributed by atoms with Crippen molar-refractivity contribution < 1.29 is 0 Å². The van der Waals surface area contributed by atoms with Gasteiger partial charge in [0.15, 0.2) is 0 Å². The topological polar surface area (TPSA) is 35.6 Å². The summed E-state index contributed by atoms with van der Waals surface area (Å²) in [6.45, 7) is 0. The minimum atomic E-state index is 0.978. The van der Waals surface area contributed by atoms with Gasteiger partial charge in [0.25, 0.3) is 0 Å². The highest BCUT2D eigenvalue weighted by atomic mass is 79.9. The number of halogens is 1. The maximum atomic E-state index is 4.96. The quantitative estimate of drug-likeness (QED) is 0.370. The molecule has 5 rings (SSSR count). The van der Waals surface area contributed by atoms with Crippen LogP contribution in [0.2, 0.25) is 0 Å². The van der Waals surface area contributed by atoms with Gasteiger partial charge in [0, 0.05) is 70.0 Å². The molecule has 4 heterocycles. The fraction of sp³-hybridized carbons (Fsp3) is 0.100. The van der Waals surface area contributed by atoms with E-state index in [1.165, 1.54) is 16.5 Å². The molecule has 0 fully saturated rings. The maximum absolute atomic E-state index is 4.96. The van der Waals surface area contributed by atoms with Crippen LogP contribution in [0.5, 0.6) is 0 Å². The number of pyridine rings is 1. The van der Waals surface area contributed by atoms with E-state index >= 15 is 0 Å². The first-order valence-corrected chi connectivity index (χ1v) is 9.90. The van der Waals surface area contributed by atoms with E-state index in [2.05, 4.69) is 79.1 Å². The van der Waals surface area contributed by atoms with Crippen molar-refractivity contribution in [1.29, 1.82) is 0 Å². The van der Waals surface area contributed by atoms with Gasteiger partial charge in [-0.2, -0.15) is 0 Å². The van der Waals surface area contributed by atoms with Gasteiger partial charge in [-0.15, -0.1) is 11.3 Å². The van der Waals surface area contributed by atoms with Crippen molar-refractivity contribution in [3.05, 3.63) is 58.8 Å². The third kappa shape index (κ3) is 2.33. The molecule has 26 heavy (non-hydrogen) atoms. The normalized spacial score (nSPS) is 11.7. The molecule has 0 saturated heterocycles. The summed E-state index contributed by atoms with van der Waals surface area (Å²) in [5.74, 6) is 0. The van der Waals surface area contributed by atoms with Crippen molar-refractivity contribution in [1.82, 2.24) is 19.1 Å². The van der Waals surface area contributed by atoms with Gasteiger partial charge in [-0.05, 0) is 30.3 Å². The Morgan fingerprint density at radius 3 is 2.73 bits per heavy atom. The number of rotatable bonds is 2. The zero-order valence-corrected chi connectivity index (χ0v) is 16.7. The van der Waals surface area contributed by atoms with Crippen LogP contribution >= 0.6 is 27.3 Å². The summed E-state index contributed by atoms with van der Waals surface area (Å²) in [5, 5.41) is 5.51. The third-order valence-electron chi connectivity index (χ3n) is 4.70. The maximum Gasteiger partial charge on any atom is 0.140 e. The molecule has 4 nitrogen and oxygen atoms in total. The Morgan fingerprint density at radius 2 is 1.85 bits per heavy atom. The smallest absolute Gasteiger partial charge is 0.140 e. The molecule has 0 aliphatic carbocycles. The fourth-order valence-corrected chi connectivity index (χ4v) is 4.68. The van der Waals surface area contributed by atoms with Crippen molar-refractivity contribution in [2.45, 2.75) is 0 Å². The van der Waals surface area contributed by atoms with Gasteiger partial charge in [-0.1, -0.05) is 15.9 Å². The third-order valence-corrected chi connectivity index (χ3v) is 6.06. The molecule has 5 aromatic rings. The van der Waals surface area contributed by atoms with E-state index in [4.69, 9.17) is 4.98 Å². The number of hydrogen-bond donors (Lipinski definition) is 0. The van der Waals surface area contributed by atoms with Crippen LogP contribution in [-0.2, 0) is 14.1 Å². The number of aromatic nitrogens is 4. The van der Waals surface area contributed by atoms with E-state index in [0.29, 0.717) is 0 Å². The van der Waals surface area contributed by atoms with Gasteiger partial charge >= 0.3 is 0 Å². The molecule has 0 saturated carbocycles. The van der Waals surface area contributed by atoms with Crippen molar-refractivity contribution in [2.75, 3.05) is 0 Å². The minimum absolute atomic E-state index is 0.978. The molecule has 0 N–H and O–H groups in total. The lowest BCUT2D eigenvalue weighted by Gasteiger charge is -1.97. The first kappa shape index (κ1) is 15.8. The van der Waals surface area contributed by atoms with Crippen LogP contribution in [0.15, 0.2) is 58.8 Å². The zero-order valence-electron chi connectivity index (χ0n) is 14.3. The van der Waals surface area contributed by atoms with Gasteiger partial charge in [0.05, 0.1) is 5.69 Å². The summed E-state index contributed by atoms with van der Waals surface area (Å²) < 4.78 is 5.29. The number of hydrogen-bond acceptors (Lipinski definition) is 3. The van der Waals surface area contributed by atoms with Crippen LogP contribution in [0.1, 0.15) is 0 Å². The highest BCUT2D eigenvalue weighted by molar-refractivity contribution is 9.10. The Kier molecular flexibility index (Phi) is 3.52. The van der Waals surface area contributed by atoms with Crippen LogP contribution in [0, 0.1) is 0 Å². The van der Waals surface area contributed by atoms with E-state index < -0.39 is 0 Å². The van der Waals surface area contributed by atoms with Crippen molar-refractivity contribution in [3.8, 4) is 21.8 Å². The molecule has 0 unspecified atom stereocenters. The second-order valence-electron chi connectivity index (χ2n) is 6.38. The Morgan fingerprint density at radius 1 is 1.00 bits per heavy atom. The molecule has 0 amide bonds. The summed E-state index contributed by atoms with van der Waals surface area (Å²) in [6.07, 6.45) is 6.09. The van der Waals surface area contributed by atoms with Crippen molar-refractivity contribution in [2.24, 2.45) is 14.1 Å². The SMILES string of the molecule is Cn1cc(-c2nc(-c3cn(C)c4ncccc34)cs2)c2cc(Br)ccc21. The Labute approximate surface area is 162 Å². The second-order valence-corrected chi connectivity index (χ2v) is 8.16. The average molecular weight is 423 g/mol. The molecule has 0 spiro atoms. The number of thiazole rings is 1. The van der Waals surface area contributed by atoms with Crippen LogP contribution in [0.4, 0.5) is 0 Å². The number of aryl methyl sites for hydroxylation is 2. The second kappa shape index (κ2) is 5.79. The van der Waals surface area contributed by atoms with Gasteiger partial charge < -0.3 is 9.13 Å². The summed E-state index contributed by atoms with van der Waals surface area (Å²) in [4.78, 5) is 9.43. The molecular weight excluding hydrogens is 408 g/mol. The van der Waals surface area contributed by atoms with E-state index in [1.54, 1.807) is 11.3 Å². The van der Waals surface area contributed by atoms with E-state index in [0.717, 1.165) is 31.8 Å². The first-order valence-electron chi connectivity index (χ1n) is 8.23. The molecular formula is C20H15BrN4S. The molecule has 4 aromatic heterocycles. The van der Waals surface area contributed by atoms with E-state index in [-0.39, 0.29) is 0 Å². The van der Waals surface area contributed by atoms with Gasteiger partial charge in [0.2, 0.25) is 0 Å². The van der Waals surface area contributed by atoms with Crippen LogP contribution in [-0.4, -0.2) is 19.1 Å². The Bertz CT molecular complexity index is 1280. The molecule has 0 atom stereocenters. The predicted octanol–water partition coefficient (Wildman–Crippen LogP) is 5.62. The molecule has 0 aliphatic rings. The number of benzene rings is 1. The first-order chi connectivity index (χ1) is 12.6. The predicted molar refractivity (Wildman–Crippen MR) is 111 cm³/mol. The number of fused-ring (bicyclic) bond motifs is 2. The lowest BCUT2D eigenvalue weighted by atomic mass is 10.1. The van der Waals surface area contributed by atoms with Gasteiger partial charge in [-0.3, -0.25) is 0 Å². The summed E-state index contributed by atoms with van der Waals surface area (Å²) >= 11 is 5.26.